The third-order valence-electron chi connectivity index (χ3n) is 0.719. The number of aromatic amines is 1. The number of nitrogens with one attached hydrogen (secondary N) is 1. The van der Waals surface area contributed by atoms with Crippen molar-refractivity contribution in [3.05, 3.63) is 3.95 Å². The Labute approximate surface area is 107 Å². The number of aromatic nitrogens is 2. The molecule has 1 aromatic rings. The van der Waals surface area contributed by atoms with Gasteiger partial charge in [0, 0.05) is 5.08 Å². The third-order valence-corrected chi connectivity index (χ3v) is 3.96. The monoisotopic (exact) mass is 234 g/mol. The molecular weight excluding hydrogens is 227 g/mol. The van der Waals surface area contributed by atoms with Gasteiger partial charge in [-0.1, -0.05) is 23.1 Å². The molecule has 0 saturated heterocycles. The van der Waals surface area contributed by atoms with Crippen molar-refractivity contribution in [1.82, 2.24) is 10.2 Å². The van der Waals surface area contributed by atoms with Gasteiger partial charge < -0.3 is 1.43 Å². The van der Waals surface area contributed by atoms with Gasteiger partial charge in [-0.25, -0.2) is 0 Å². The Hall–Kier alpha value is 1.48. The van der Waals surface area contributed by atoms with E-state index < -0.39 is 0 Å². The standard InChI is InChI=1S/C4H6N2S4.Na.H/c1-8-2-9-4-6-5-3(7)10-4;;/h2H2,1H3,(H,5,7);;/q;+1;-1. The zero-order valence-corrected chi connectivity index (χ0v) is 11.6. The molecule has 0 unspecified atom stereocenters. The zero-order valence-electron chi connectivity index (χ0n) is 7.29. The van der Waals surface area contributed by atoms with E-state index >= 15 is 0 Å². The molecule has 0 aliphatic rings. The van der Waals surface area contributed by atoms with Gasteiger partial charge in [0.25, 0.3) is 0 Å². The fourth-order valence-electron chi connectivity index (χ4n) is 0.387. The Kier molecular flexibility index (Phi) is 7.87. The molecule has 58 valence electrons. The van der Waals surface area contributed by atoms with Crippen molar-refractivity contribution in [3.8, 4) is 0 Å². The second-order valence-electron chi connectivity index (χ2n) is 1.43. The number of nitrogens with zero attached hydrogens (tertiary/aromatic N) is 1. The average Bonchev–Trinajstić information content (AvgIpc) is 2.31. The van der Waals surface area contributed by atoms with Crippen LogP contribution in [0.1, 0.15) is 1.43 Å². The van der Waals surface area contributed by atoms with E-state index in [2.05, 4.69) is 16.5 Å². The Morgan fingerprint density at radius 2 is 2.55 bits per heavy atom. The predicted octanol–water partition coefficient (Wildman–Crippen LogP) is -0.270. The van der Waals surface area contributed by atoms with Gasteiger partial charge >= 0.3 is 29.6 Å². The summed E-state index contributed by atoms with van der Waals surface area (Å²) < 4.78 is 1.78. The first-order valence-electron chi connectivity index (χ1n) is 2.50. The Balaban J connectivity index is 0. The number of H-pyrrole nitrogens is 1. The van der Waals surface area contributed by atoms with Crippen LogP contribution in [0.2, 0.25) is 0 Å². The van der Waals surface area contributed by atoms with Crippen LogP contribution in [0.3, 0.4) is 0 Å². The van der Waals surface area contributed by atoms with E-state index in [9.17, 15) is 0 Å². The maximum Gasteiger partial charge on any atom is 1.00 e. The molecule has 0 aliphatic heterocycles. The van der Waals surface area contributed by atoms with Gasteiger partial charge in [0.2, 0.25) is 0 Å². The molecule has 1 rings (SSSR count). The molecule has 1 aromatic heterocycles. The van der Waals surface area contributed by atoms with Gasteiger partial charge in [-0.05, 0) is 18.5 Å². The van der Waals surface area contributed by atoms with E-state index in [1.165, 1.54) is 11.3 Å². The van der Waals surface area contributed by atoms with Gasteiger partial charge in [-0.2, -0.15) is 16.9 Å². The van der Waals surface area contributed by atoms with Gasteiger partial charge in [0.05, 0.1) is 0 Å². The van der Waals surface area contributed by atoms with E-state index in [4.69, 9.17) is 12.2 Å². The van der Waals surface area contributed by atoms with Crippen LogP contribution < -0.4 is 29.6 Å². The molecule has 1 heterocycles. The number of rotatable bonds is 3. The summed E-state index contributed by atoms with van der Waals surface area (Å²) in [6.07, 6.45) is 2.07. The van der Waals surface area contributed by atoms with Crippen molar-refractivity contribution in [3.63, 3.8) is 0 Å². The number of thioether (sulfide) groups is 2. The van der Waals surface area contributed by atoms with Crippen LogP contribution in [0, 0.1) is 3.95 Å². The van der Waals surface area contributed by atoms with Gasteiger partial charge in [-0.15, -0.1) is 0 Å². The van der Waals surface area contributed by atoms with Crippen molar-refractivity contribution in [2.24, 2.45) is 0 Å². The van der Waals surface area contributed by atoms with Gasteiger partial charge in [0.15, 0.2) is 8.29 Å². The van der Waals surface area contributed by atoms with Crippen molar-refractivity contribution in [1.29, 1.82) is 0 Å². The summed E-state index contributed by atoms with van der Waals surface area (Å²) >= 11 is 9.89. The maximum absolute atomic E-state index is 4.86. The van der Waals surface area contributed by atoms with Crippen LogP contribution in [0.4, 0.5) is 0 Å². The summed E-state index contributed by atoms with van der Waals surface area (Å²) in [6.45, 7) is 0. The second kappa shape index (κ2) is 6.94. The molecule has 2 nitrogen and oxygen atoms in total. The van der Waals surface area contributed by atoms with E-state index in [-0.39, 0.29) is 31.0 Å². The molecule has 0 bridgehead atoms. The molecule has 0 amide bonds. The summed E-state index contributed by atoms with van der Waals surface area (Å²) in [7, 11) is 0. The molecule has 0 fully saturated rings. The van der Waals surface area contributed by atoms with Crippen molar-refractivity contribution in [2.75, 3.05) is 11.3 Å². The molecule has 11 heavy (non-hydrogen) atoms. The first-order chi connectivity index (χ1) is 4.83. The minimum atomic E-state index is 0. The molecule has 7 heteroatoms. The first kappa shape index (κ1) is 12.5. The van der Waals surface area contributed by atoms with Crippen LogP contribution in [0.15, 0.2) is 4.34 Å². The Bertz CT molecular complexity index is 249. The van der Waals surface area contributed by atoms with Crippen LogP contribution in [-0.4, -0.2) is 21.5 Å². The smallest absolute Gasteiger partial charge is 1.00 e. The summed E-state index contributed by atoms with van der Waals surface area (Å²) in [6, 6.07) is 0. The minimum absolute atomic E-state index is 0. The molecule has 0 atom stereocenters. The minimum Gasteiger partial charge on any atom is -1.00 e. The number of hydrogen-bond acceptors (Lipinski definition) is 5. The maximum atomic E-state index is 4.86. The summed E-state index contributed by atoms with van der Waals surface area (Å²) in [4.78, 5) is 0. The van der Waals surface area contributed by atoms with E-state index in [1.807, 2.05) is 0 Å². The molecule has 0 radical (unpaired) electrons. The van der Waals surface area contributed by atoms with Crippen molar-refractivity contribution >= 4 is 47.1 Å². The van der Waals surface area contributed by atoms with Crippen LogP contribution in [0.25, 0.3) is 0 Å². The largest absolute Gasteiger partial charge is 1.00 e. The molecule has 0 aliphatic carbocycles. The fourth-order valence-corrected chi connectivity index (χ4v) is 3.07. The van der Waals surface area contributed by atoms with Crippen molar-refractivity contribution in [2.45, 2.75) is 4.34 Å². The SMILES string of the molecule is CSCSc1n[nH]c(=S)s1.[H-].[Na+]. The summed E-state index contributed by atoms with van der Waals surface area (Å²) in [5, 5.41) is 7.76. The Morgan fingerprint density at radius 1 is 1.82 bits per heavy atom. The van der Waals surface area contributed by atoms with Crippen LogP contribution in [0.5, 0.6) is 0 Å². The van der Waals surface area contributed by atoms with Crippen LogP contribution in [-0.2, 0) is 0 Å². The molecule has 0 spiro atoms. The summed E-state index contributed by atoms with van der Waals surface area (Å²) in [5.74, 6) is 0. The van der Waals surface area contributed by atoms with E-state index in [0.717, 1.165) is 13.4 Å². The van der Waals surface area contributed by atoms with Gasteiger partial charge in [0.1, 0.15) is 0 Å². The molecular formula is C4H7N2NaS4. The average molecular weight is 234 g/mol. The molecule has 0 aromatic carbocycles. The molecule has 0 saturated carbocycles. The predicted molar refractivity (Wildman–Crippen MR) is 52.6 cm³/mol. The van der Waals surface area contributed by atoms with Crippen molar-refractivity contribution < 1.29 is 31.0 Å². The number of hydrogen-bond donors (Lipinski definition) is 1. The first-order valence-corrected chi connectivity index (χ1v) is 6.10. The van der Waals surface area contributed by atoms with E-state index in [1.54, 1.807) is 23.5 Å². The van der Waals surface area contributed by atoms with Gasteiger partial charge in [-0.3, -0.25) is 5.10 Å². The second-order valence-corrected chi connectivity index (χ2v) is 5.55. The fraction of sp³-hybridized carbons (Fsp3) is 0.500. The Morgan fingerprint density at radius 3 is 3.00 bits per heavy atom. The zero-order chi connectivity index (χ0) is 7.40. The van der Waals surface area contributed by atoms with E-state index in [0.29, 0.717) is 0 Å². The molecule has 1 N–H and O–H groups in total. The summed E-state index contributed by atoms with van der Waals surface area (Å²) in [5.41, 5.74) is 0. The third kappa shape index (κ3) is 4.92. The quantitative estimate of drug-likeness (QED) is 0.337. The van der Waals surface area contributed by atoms with Crippen LogP contribution >= 0.6 is 47.1 Å². The topological polar surface area (TPSA) is 28.7 Å². The normalized spacial score (nSPS) is 9.18.